The lowest BCUT2D eigenvalue weighted by atomic mass is 9.92. The number of hydrogen-bond acceptors (Lipinski definition) is 2. The summed E-state index contributed by atoms with van der Waals surface area (Å²) in [6, 6.07) is 12.8. The molecule has 0 spiro atoms. The summed E-state index contributed by atoms with van der Waals surface area (Å²) in [5, 5.41) is 0. The average Bonchev–Trinajstić information content (AvgIpc) is 2.64. The van der Waals surface area contributed by atoms with Crippen LogP contribution in [0.5, 0.6) is 11.5 Å². The Kier molecular flexibility index (Phi) is 7.17. The van der Waals surface area contributed by atoms with Gasteiger partial charge in [0.05, 0.1) is 14.2 Å². The molecule has 0 fully saturated rings. The molecule has 0 amide bonds. The summed E-state index contributed by atoms with van der Waals surface area (Å²) in [6.45, 7) is 4.45. The average molecular weight is 326 g/mol. The molecular formula is C22H30O2. The zero-order chi connectivity index (χ0) is 17.4. The van der Waals surface area contributed by atoms with Crippen LogP contribution >= 0.6 is 0 Å². The zero-order valence-electron chi connectivity index (χ0n) is 15.5. The van der Waals surface area contributed by atoms with Crippen LogP contribution in [0, 0.1) is 0 Å². The molecule has 0 unspecified atom stereocenters. The molecule has 130 valence electrons. The summed E-state index contributed by atoms with van der Waals surface area (Å²) >= 11 is 0. The molecule has 0 atom stereocenters. The van der Waals surface area contributed by atoms with Gasteiger partial charge >= 0.3 is 0 Å². The Bertz CT molecular complexity index is 632. The number of unbranched alkanes of at least 4 members (excludes halogenated alkanes) is 2. The molecule has 2 nitrogen and oxygen atoms in total. The summed E-state index contributed by atoms with van der Waals surface area (Å²) in [6.07, 6.45) is 6.68. The van der Waals surface area contributed by atoms with Crippen molar-refractivity contribution in [2.45, 2.75) is 52.4 Å². The third-order valence-corrected chi connectivity index (χ3v) is 4.48. The van der Waals surface area contributed by atoms with Crippen molar-refractivity contribution >= 4 is 0 Å². The van der Waals surface area contributed by atoms with E-state index in [1.54, 1.807) is 14.2 Å². The molecule has 0 heterocycles. The van der Waals surface area contributed by atoms with Crippen LogP contribution in [0.25, 0.3) is 11.1 Å². The highest BCUT2D eigenvalue weighted by atomic mass is 16.5. The van der Waals surface area contributed by atoms with Gasteiger partial charge in [-0.2, -0.15) is 0 Å². The number of benzene rings is 2. The molecule has 0 radical (unpaired) electrons. The summed E-state index contributed by atoms with van der Waals surface area (Å²) < 4.78 is 11.7. The molecule has 0 aliphatic rings. The molecule has 2 aromatic rings. The van der Waals surface area contributed by atoms with Crippen LogP contribution in [0.3, 0.4) is 0 Å². The van der Waals surface area contributed by atoms with Gasteiger partial charge in [0, 0.05) is 11.1 Å². The van der Waals surface area contributed by atoms with Gasteiger partial charge in [0.15, 0.2) is 0 Å². The van der Waals surface area contributed by atoms with Crippen molar-refractivity contribution in [2.75, 3.05) is 14.2 Å². The molecule has 0 saturated heterocycles. The Balaban J connectivity index is 2.64. The van der Waals surface area contributed by atoms with Gasteiger partial charge in [-0.05, 0) is 42.9 Å². The van der Waals surface area contributed by atoms with Crippen LogP contribution in [0.15, 0.2) is 36.4 Å². The molecule has 0 aromatic heterocycles. The highest BCUT2D eigenvalue weighted by Crippen LogP contribution is 2.42. The van der Waals surface area contributed by atoms with E-state index in [0.29, 0.717) is 0 Å². The van der Waals surface area contributed by atoms with E-state index in [2.05, 4.69) is 50.2 Å². The SMILES string of the molecule is CCCCc1cc(-c2ccccc2)c(OC)c(CCCC)c1OC. The van der Waals surface area contributed by atoms with Crippen LogP contribution in [0.1, 0.15) is 50.7 Å². The molecule has 0 bridgehead atoms. The second-order valence-electron chi connectivity index (χ2n) is 6.20. The predicted molar refractivity (Wildman–Crippen MR) is 102 cm³/mol. The first-order valence-corrected chi connectivity index (χ1v) is 9.08. The summed E-state index contributed by atoms with van der Waals surface area (Å²) in [7, 11) is 3.55. The second kappa shape index (κ2) is 9.36. The minimum absolute atomic E-state index is 0.965. The second-order valence-corrected chi connectivity index (χ2v) is 6.20. The first-order valence-electron chi connectivity index (χ1n) is 9.08. The van der Waals surface area contributed by atoms with Crippen molar-refractivity contribution in [3.05, 3.63) is 47.5 Å². The van der Waals surface area contributed by atoms with E-state index in [4.69, 9.17) is 9.47 Å². The Morgan fingerprint density at radius 2 is 1.42 bits per heavy atom. The molecule has 24 heavy (non-hydrogen) atoms. The van der Waals surface area contributed by atoms with E-state index in [0.717, 1.165) is 37.2 Å². The van der Waals surface area contributed by atoms with Crippen LogP contribution in [-0.4, -0.2) is 14.2 Å². The van der Waals surface area contributed by atoms with Crippen LogP contribution in [0.2, 0.25) is 0 Å². The maximum atomic E-state index is 5.85. The lowest BCUT2D eigenvalue weighted by molar-refractivity contribution is 0.381. The monoisotopic (exact) mass is 326 g/mol. The minimum Gasteiger partial charge on any atom is -0.496 e. The largest absolute Gasteiger partial charge is 0.496 e. The quantitative estimate of drug-likeness (QED) is 0.558. The van der Waals surface area contributed by atoms with E-state index in [9.17, 15) is 0 Å². The van der Waals surface area contributed by atoms with E-state index < -0.39 is 0 Å². The van der Waals surface area contributed by atoms with Crippen molar-refractivity contribution in [3.8, 4) is 22.6 Å². The molecule has 2 aromatic carbocycles. The Hall–Kier alpha value is -1.96. The molecule has 0 aliphatic carbocycles. The topological polar surface area (TPSA) is 18.5 Å². The van der Waals surface area contributed by atoms with Gasteiger partial charge in [-0.25, -0.2) is 0 Å². The molecule has 0 N–H and O–H groups in total. The third kappa shape index (κ3) is 4.11. The first kappa shape index (κ1) is 18.4. The lowest BCUT2D eigenvalue weighted by Gasteiger charge is -2.21. The standard InChI is InChI=1S/C22H30O2/c1-5-7-12-18-16-20(17-13-10-9-11-14-17)22(24-4)19(15-8-6-2)21(18)23-3/h9-11,13-14,16H,5-8,12,15H2,1-4H3. The van der Waals surface area contributed by atoms with Crippen LogP contribution in [-0.2, 0) is 12.8 Å². The first-order chi connectivity index (χ1) is 11.8. The third-order valence-electron chi connectivity index (χ3n) is 4.48. The van der Waals surface area contributed by atoms with Gasteiger partial charge in [0.25, 0.3) is 0 Å². The fourth-order valence-corrected chi connectivity index (χ4v) is 3.22. The van der Waals surface area contributed by atoms with Gasteiger partial charge in [0.1, 0.15) is 11.5 Å². The van der Waals surface area contributed by atoms with Gasteiger partial charge in [-0.3, -0.25) is 0 Å². The predicted octanol–water partition coefficient (Wildman–Crippen LogP) is 6.06. The van der Waals surface area contributed by atoms with Crippen LogP contribution < -0.4 is 9.47 Å². The maximum absolute atomic E-state index is 5.85. The van der Waals surface area contributed by atoms with Crippen molar-refractivity contribution in [1.82, 2.24) is 0 Å². The van der Waals surface area contributed by atoms with Crippen molar-refractivity contribution in [2.24, 2.45) is 0 Å². The van der Waals surface area contributed by atoms with E-state index in [1.807, 2.05) is 0 Å². The van der Waals surface area contributed by atoms with Gasteiger partial charge < -0.3 is 9.47 Å². The van der Waals surface area contributed by atoms with Crippen molar-refractivity contribution in [1.29, 1.82) is 0 Å². The molecule has 0 aliphatic heterocycles. The smallest absolute Gasteiger partial charge is 0.133 e. The highest BCUT2D eigenvalue weighted by Gasteiger charge is 2.20. The number of ether oxygens (including phenoxy) is 2. The van der Waals surface area contributed by atoms with Gasteiger partial charge in [0.2, 0.25) is 0 Å². The maximum Gasteiger partial charge on any atom is 0.133 e. The molecule has 2 rings (SSSR count). The Labute approximate surface area is 146 Å². The lowest BCUT2D eigenvalue weighted by Crippen LogP contribution is -2.03. The van der Waals surface area contributed by atoms with Crippen LogP contribution in [0.4, 0.5) is 0 Å². The molecule has 0 saturated carbocycles. The van der Waals surface area contributed by atoms with E-state index in [1.165, 1.54) is 35.1 Å². The Morgan fingerprint density at radius 1 is 0.792 bits per heavy atom. The highest BCUT2D eigenvalue weighted by molar-refractivity contribution is 5.75. The number of aryl methyl sites for hydroxylation is 1. The molecule has 2 heteroatoms. The number of hydrogen-bond donors (Lipinski definition) is 0. The number of rotatable bonds is 9. The van der Waals surface area contributed by atoms with Crippen molar-refractivity contribution < 1.29 is 9.47 Å². The molecular weight excluding hydrogens is 296 g/mol. The fraction of sp³-hybridized carbons (Fsp3) is 0.455. The normalized spacial score (nSPS) is 10.7. The fourth-order valence-electron chi connectivity index (χ4n) is 3.22. The summed E-state index contributed by atoms with van der Waals surface area (Å²) in [4.78, 5) is 0. The number of methoxy groups -OCH3 is 2. The van der Waals surface area contributed by atoms with E-state index >= 15 is 0 Å². The summed E-state index contributed by atoms with van der Waals surface area (Å²) in [5.74, 6) is 1.99. The zero-order valence-corrected chi connectivity index (χ0v) is 15.5. The van der Waals surface area contributed by atoms with E-state index in [-0.39, 0.29) is 0 Å². The minimum atomic E-state index is 0.965. The summed E-state index contributed by atoms with van der Waals surface area (Å²) in [5.41, 5.74) is 4.89. The van der Waals surface area contributed by atoms with Gasteiger partial charge in [-0.1, -0.05) is 57.0 Å². The van der Waals surface area contributed by atoms with Gasteiger partial charge in [-0.15, -0.1) is 0 Å². The Morgan fingerprint density at radius 3 is 2.00 bits per heavy atom. The van der Waals surface area contributed by atoms with Crippen molar-refractivity contribution in [3.63, 3.8) is 0 Å².